The van der Waals surface area contributed by atoms with Gasteiger partial charge >= 0.3 is 5.97 Å². The predicted molar refractivity (Wildman–Crippen MR) is 46.8 cm³/mol. The van der Waals surface area contributed by atoms with E-state index in [1.807, 2.05) is 0 Å². The minimum Gasteiger partial charge on any atom is -0.476 e. The Morgan fingerprint density at radius 2 is 2.36 bits per heavy atom. The second kappa shape index (κ2) is 3.39. The monoisotopic (exact) mass is 197 g/mol. The Morgan fingerprint density at radius 3 is 3.00 bits per heavy atom. The van der Waals surface area contributed by atoms with E-state index in [9.17, 15) is 4.79 Å². The number of fused-ring (bicyclic) bond motifs is 1. The molecule has 0 aliphatic carbocycles. The van der Waals surface area contributed by atoms with Gasteiger partial charge in [0.25, 0.3) is 0 Å². The van der Waals surface area contributed by atoms with Gasteiger partial charge in [-0.1, -0.05) is 0 Å². The maximum Gasteiger partial charge on any atom is 0.356 e. The van der Waals surface area contributed by atoms with Gasteiger partial charge in [0.2, 0.25) is 0 Å². The molecule has 6 nitrogen and oxygen atoms in total. The van der Waals surface area contributed by atoms with Crippen LogP contribution in [0.4, 0.5) is 0 Å². The molecule has 0 atom stereocenters. The third-order valence-electron chi connectivity index (χ3n) is 2.28. The predicted octanol–water partition coefficient (Wildman–Crippen LogP) is -0.823. The molecule has 1 aliphatic heterocycles. The van der Waals surface area contributed by atoms with Gasteiger partial charge in [0, 0.05) is 18.7 Å². The summed E-state index contributed by atoms with van der Waals surface area (Å²) in [4.78, 5) is 10.8. The highest BCUT2D eigenvalue weighted by Gasteiger charge is 2.25. The van der Waals surface area contributed by atoms with E-state index >= 15 is 0 Å². The summed E-state index contributed by atoms with van der Waals surface area (Å²) in [5.74, 6) is -1.01. The standard InChI is InChI=1S/C8H11N3O3/c12-2-1-11-6-4-9-3-5(6)7(10-11)8(13)14/h9,12H,1-4H2,(H,13,14). The molecule has 2 heterocycles. The van der Waals surface area contributed by atoms with Crippen LogP contribution in [0.3, 0.4) is 0 Å². The second-order valence-electron chi connectivity index (χ2n) is 3.13. The van der Waals surface area contributed by atoms with Crippen molar-refractivity contribution in [2.45, 2.75) is 19.6 Å². The molecule has 0 bridgehead atoms. The number of aliphatic hydroxyl groups excluding tert-OH is 1. The Labute approximate surface area is 80.2 Å². The number of hydrogen-bond donors (Lipinski definition) is 3. The maximum absolute atomic E-state index is 10.8. The van der Waals surface area contributed by atoms with Crippen LogP contribution in [-0.4, -0.2) is 32.6 Å². The highest BCUT2D eigenvalue weighted by atomic mass is 16.4. The van der Waals surface area contributed by atoms with Gasteiger partial charge in [-0.2, -0.15) is 5.10 Å². The maximum atomic E-state index is 10.8. The Bertz CT molecular complexity index is 372. The van der Waals surface area contributed by atoms with Crippen molar-refractivity contribution >= 4 is 5.97 Å². The van der Waals surface area contributed by atoms with Crippen LogP contribution in [0.5, 0.6) is 0 Å². The summed E-state index contributed by atoms with van der Waals surface area (Å²) >= 11 is 0. The van der Waals surface area contributed by atoms with E-state index in [1.54, 1.807) is 4.68 Å². The first-order chi connectivity index (χ1) is 6.74. The molecule has 3 N–H and O–H groups in total. The molecule has 1 aromatic rings. The van der Waals surface area contributed by atoms with Crippen molar-refractivity contribution in [3.05, 3.63) is 17.0 Å². The first kappa shape index (κ1) is 9.17. The van der Waals surface area contributed by atoms with Crippen LogP contribution in [-0.2, 0) is 19.6 Å². The van der Waals surface area contributed by atoms with Gasteiger partial charge in [0.1, 0.15) is 0 Å². The van der Waals surface area contributed by atoms with Crippen molar-refractivity contribution < 1.29 is 15.0 Å². The summed E-state index contributed by atoms with van der Waals surface area (Å²) in [7, 11) is 0. The van der Waals surface area contributed by atoms with E-state index in [1.165, 1.54) is 0 Å². The number of nitrogens with one attached hydrogen (secondary N) is 1. The molecule has 0 saturated heterocycles. The zero-order chi connectivity index (χ0) is 10.1. The van der Waals surface area contributed by atoms with Crippen molar-refractivity contribution in [1.29, 1.82) is 0 Å². The highest BCUT2D eigenvalue weighted by Crippen LogP contribution is 2.19. The smallest absolute Gasteiger partial charge is 0.356 e. The molecule has 76 valence electrons. The van der Waals surface area contributed by atoms with Crippen LogP contribution in [0.25, 0.3) is 0 Å². The number of carboxylic acid groups (broad SMARTS) is 1. The van der Waals surface area contributed by atoms with E-state index in [2.05, 4.69) is 10.4 Å². The van der Waals surface area contributed by atoms with E-state index in [-0.39, 0.29) is 12.3 Å². The lowest BCUT2D eigenvalue weighted by atomic mass is 10.2. The molecule has 1 aliphatic rings. The topological polar surface area (TPSA) is 87.4 Å². The summed E-state index contributed by atoms with van der Waals surface area (Å²) < 4.78 is 1.55. The second-order valence-corrected chi connectivity index (χ2v) is 3.13. The Hall–Kier alpha value is -1.40. The molecule has 1 aromatic heterocycles. The van der Waals surface area contributed by atoms with Crippen molar-refractivity contribution in [2.75, 3.05) is 6.61 Å². The molecule has 0 saturated carbocycles. The molecule has 0 spiro atoms. The molecule has 0 radical (unpaired) electrons. The number of carbonyl (C=O) groups is 1. The first-order valence-corrected chi connectivity index (χ1v) is 4.37. The molecule has 0 amide bonds. The number of rotatable bonds is 3. The SMILES string of the molecule is O=C(O)c1nn(CCO)c2c1CNC2. The number of aromatic nitrogens is 2. The highest BCUT2D eigenvalue weighted by molar-refractivity contribution is 5.87. The fraction of sp³-hybridized carbons (Fsp3) is 0.500. The number of hydrogen-bond acceptors (Lipinski definition) is 4. The zero-order valence-corrected chi connectivity index (χ0v) is 7.53. The Kier molecular flexibility index (Phi) is 2.22. The lowest BCUT2D eigenvalue weighted by molar-refractivity contribution is 0.0687. The fourth-order valence-electron chi connectivity index (χ4n) is 1.68. The van der Waals surface area contributed by atoms with Gasteiger partial charge in [0.15, 0.2) is 5.69 Å². The molecular formula is C8H11N3O3. The lowest BCUT2D eigenvalue weighted by Crippen LogP contribution is -2.13. The molecule has 6 heteroatoms. The molecule has 14 heavy (non-hydrogen) atoms. The van der Waals surface area contributed by atoms with Gasteiger partial charge in [-0.05, 0) is 0 Å². The normalized spacial score (nSPS) is 14.4. The third-order valence-corrected chi connectivity index (χ3v) is 2.28. The van der Waals surface area contributed by atoms with Gasteiger partial charge in [-0.3, -0.25) is 4.68 Å². The van der Waals surface area contributed by atoms with Crippen LogP contribution in [0.15, 0.2) is 0 Å². The van der Waals surface area contributed by atoms with Crippen LogP contribution < -0.4 is 5.32 Å². The van der Waals surface area contributed by atoms with Crippen molar-refractivity contribution in [3.63, 3.8) is 0 Å². The lowest BCUT2D eigenvalue weighted by Gasteiger charge is -2.01. The van der Waals surface area contributed by atoms with E-state index < -0.39 is 5.97 Å². The van der Waals surface area contributed by atoms with E-state index in [4.69, 9.17) is 10.2 Å². The van der Waals surface area contributed by atoms with Gasteiger partial charge in [-0.25, -0.2) is 4.79 Å². The molecule has 0 fully saturated rings. The third kappa shape index (κ3) is 1.28. The summed E-state index contributed by atoms with van der Waals surface area (Å²) in [6.07, 6.45) is 0. The number of nitrogens with zero attached hydrogens (tertiary/aromatic N) is 2. The number of carboxylic acids is 1. The summed E-state index contributed by atoms with van der Waals surface area (Å²) in [5, 5.41) is 24.6. The average molecular weight is 197 g/mol. The van der Waals surface area contributed by atoms with Gasteiger partial charge < -0.3 is 15.5 Å². The molecule has 0 unspecified atom stereocenters. The van der Waals surface area contributed by atoms with E-state index in [0.717, 1.165) is 11.3 Å². The summed E-state index contributed by atoms with van der Waals surface area (Å²) in [6, 6.07) is 0. The van der Waals surface area contributed by atoms with Gasteiger partial charge in [0.05, 0.1) is 18.8 Å². The van der Waals surface area contributed by atoms with Crippen LogP contribution in [0, 0.1) is 0 Å². The molecular weight excluding hydrogens is 186 g/mol. The zero-order valence-electron chi connectivity index (χ0n) is 7.53. The molecule has 2 rings (SSSR count). The summed E-state index contributed by atoms with van der Waals surface area (Å²) in [5.41, 5.74) is 1.71. The molecule has 0 aromatic carbocycles. The van der Waals surface area contributed by atoms with Crippen LogP contribution >= 0.6 is 0 Å². The fourth-order valence-corrected chi connectivity index (χ4v) is 1.68. The number of aromatic carboxylic acids is 1. The minimum atomic E-state index is -1.01. The first-order valence-electron chi connectivity index (χ1n) is 4.37. The quantitative estimate of drug-likeness (QED) is 0.589. The van der Waals surface area contributed by atoms with E-state index in [0.29, 0.717) is 19.6 Å². The Balaban J connectivity index is 2.44. The Morgan fingerprint density at radius 1 is 1.57 bits per heavy atom. The van der Waals surface area contributed by atoms with Crippen molar-refractivity contribution in [1.82, 2.24) is 15.1 Å². The number of aliphatic hydroxyl groups is 1. The average Bonchev–Trinajstić information content (AvgIpc) is 2.67. The van der Waals surface area contributed by atoms with Gasteiger partial charge in [-0.15, -0.1) is 0 Å². The van der Waals surface area contributed by atoms with Crippen LogP contribution in [0.2, 0.25) is 0 Å². The van der Waals surface area contributed by atoms with Crippen molar-refractivity contribution in [3.8, 4) is 0 Å². The largest absolute Gasteiger partial charge is 0.476 e. The minimum absolute atomic E-state index is 0.0345. The van der Waals surface area contributed by atoms with Crippen molar-refractivity contribution in [2.24, 2.45) is 0 Å². The summed E-state index contributed by atoms with van der Waals surface area (Å²) in [6.45, 7) is 1.47. The van der Waals surface area contributed by atoms with Crippen LogP contribution in [0.1, 0.15) is 21.7 Å².